The molecule has 0 saturated heterocycles. The first kappa shape index (κ1) is 12.2. The number of hydrogen-bond donors (Lipinski definition) is 2. The van der Waals surface area contributed by atoms with Gasteiger partial charge >= 0.3 is 0 Å². The second-order valence-electron chi connectivity index (χ2n) is 4.18. The maximum atomic E-state index is 11.1. The summed E-state index contributed by atoms with van der Waals surface area (Å²) in [5.41, 5.74) is 8.86. The largest absolute Gasteiger partial charge is 0.381 e. The van der Waals surface area contributed by atoms with Gasteiger partial charge < -0.3 is 11.1 Å². The fraction of sp³-hybridized carbons (Fsp3) is 0.231. The number of primary amides is 1. The molecule has 0 radical (unpaired) electrons. The average molecular weight is 244 g/mol. The fourth-order valence-electron chi connectivity index (χ4n) is 1.70. The number of nitrogens with two attached hydrogens (primary N) is 1. The van der Waals surface area contributed by atoms with Gasteiger partial charge in [0, 0.05) is 36.1 Å². The van der Waals surface area contributed by atoms with E-state index in [9.17, 15) is 4.79 Å². The molecule has 0 aliphatic heterocycles. The van der Waals surface area contributed by atoms with Gasteiger partial charge in [0.2, 0.25) is 5.91 Å². The predicted octanol–water partition coefficient (Wildman–Crippen LogP) is 1.44. The zero-order valence-electron chi connectivity index (χ0n) is 10.5. The highest BCUT2D eigenvalue weighted by atomic mass is 16.1. The normalized spacial score (nSPS) is 10.3. The number of amides is 1. The molecule has 2 rings (SSSR count). The van der Waals surface area contributed by atoms with Gasteiger partial charge in [-0.25, -0.2) is 0 Å². The lowest BCUT2D eigenvalue weighted by atomic mass is 10.2. The van der Waals surface area contributed by atoms with Crippen molar-refractivity contribution >= 4 is 11.6 Å². The Morgan fingerprint density at radius 3 is 2.89 bits per heavy atom. The van der Waals surface area contributed by atoms with Crippen molar-refractivity contribution < 1.29 is 4.79 Å². The molecule has 5 heteroatoms. The molecule has 3 N–H and O–H groups in total. The molecule has 0 aliphatic rings. The van der Waals surface area contributed by atoms with E-state index in [0.29, 0.717) is 12.1 Å². The summed E-state index contributed by atoms with van der Waals surface area (Å²) in [7, 11) is 1.91. The molecular weight excluding hydrogens is 228 g/mol. The summed E-state index contributed by atoms with van der Waals surface area (Å²) in [5, 5.41) is 7.43. The van der Waals surface area contributed by atoms with Gasteiger partial charge in [0.1, 0.15) is 0 Å². The van der Waals surface area contributed by atoms with Crippen LogP contribution in [0.4, 0.5) is 5.69 Å². The van der Waals surface area contributed by atoms with Crippen LogP contribution in [0.2, 0.25) is 0 Å². The molecule has 94 valence electrons. The molecule has 0 spiro atoms. The Kier molecular flexibility index (Phi) is 3.32. The SMILES string of the molecule is Cc1c(CNc2cccc(C(N)=O)c2)cnn1C. The van der Waals surface area contributed by atoms with Crippen LogP contribution in [-0.4, -0.2) is 15.7 Å². The summed E-state index contributed by atoms with van der Waals surface area (Å²) in [6.07, 6.45) is 1.83. The van der Waals surface area contributed by atoms with Crippen LogP contribution in [0.5, 0.6) is 0 Å². The van der Waals surface area contributed by atoms with Gasteiger partial charge in [0.05, 0.1) is 6.20 Å². The predicted molar refractivity (Wildman–Crippen MR) is 70.2 cm³/mol. The molecule has 0 bridgehead atoms. The van der Waals surface area contributed by atoms with Crippen LogP contribution in [-0.2, 0) is 13.6 Å². The van der Waals surface area contributed by atoms with Crippen molar-refractivity contribution in [3.63, 3.8) is 0 Å². The Balaban J connectivity index is 2.08. The minimum absolute atomic E-state index is 0.420. The van der Waals surface area contributed by atoms with Crippen LogP contribution in [0.25, 0.3) is 0 Å². The molecular formula is C13H16N4O. The summed E-state index contributed by atoms with van der Waals surface area (Å²) in [6, 6.07) is 7.15. The van der Waals surface area contributed by atoms with Crippen molar-refractivity contribution in [3.05, 3.63) is 47.3 Å². The molecule has 0 atom stereocenters. The van der Waals surface area contributed by atoms with Crippen molar-refractivity contribution in [1.29, 1.82) is 0 Å². The molecule has 2 aromatic rings. The molecule has 0 saturated carbocycles. The second kappa shape index (κ2) is 4.91. The third kappa shape index (κ3) is 2.51. The third-order valence-electron chi connectivity index (χ3n) is 2.97. The highest BCUT2D eigenvalue weighted by Crippen LogP contribution is 2.13. The highest BCUT2D eigenvalue weighted by Gasteiger charge is 2.04. The number of aromatic nitrogens is 2. The van der Waals surface area contributed by atoms with Gasteiger partial charge in [0.25, 0.3) is 0 Å². The third-order valence-corrected chi connectivity index (χ3v) is 2.97. The van der Waals surface area contributed by atoms with Gasteiger partial charge in [-0.3, -0.25) is 9.48 Å². The number of anilines is 1. The standard InChI is InChI=1S/C13H16N4O/c1-9-11(8-16-17(9)2)7-15-12-5-3-4-10(6-12)13(14)18/h3-6,8,15H,7H2,1-2H3,(H2,14,18). The molecule has 1 heterocycles. The van der Waals surface area contributed by atoms with Crippen LogP contribution < -0.4 is 11.1 Å². The number of rotatable bonds is 4. The number of carbonyl (C=O) groups excluding carboxylic acids is 1. The number of carbonyl (C=O) groups is 1. The monoisotopic (exact) mass is 244 g/mol. The molecule has 1 aromatic carbocycles. The van der Waals surface area contributed by atoms with E-state index in [1.165, 1.54) is 0 Å². The van der Waals surface area contributed by atoms with Gasteiger partial charge in [-0.1, -0.05) is 6.07 Å². The molecule has 0 unspecified atom stereocenters. The molecule has 0 aliphatic carbocycles. The Labute approximate surface area is 106 Å². The molecule has 0 fully saturated rings. The minimum atomic E-state index is -0.420. The lowest BCUT2D eigenvalue weighted by Gasteiger charge is -2.07. The van der Waals surface area contributed by atoms with Crippen molar-refractivity contribution in [2.24, 2.45) is 12.8 Å². The summed E-state index contributed by atoms with van der Waals surface area (Å²) in [4.78, 5) is 11.1. The zero-order valence-corrected chi connectivity index (χ0v) is 10.5. The van der Waals surface area contributed by atoms with Crippen molar-refractivity contribution in [2.45, 2.75) is 13.5 Å². The quantitative estimate of drug-likeness (QED) is 0.854. The Morgan fingerprint density at radius 2 is 2.28 bits per heavy atom. The van der Waals surface area contributed by atoms with Gasteiger partial charge in [-0.15, -0.1) is 0 Å². The van der Waals surface area contributed by atoms with Crippen molar-refractivity contribution in [1.82, 2.24) is 9.78 Å². The maximum absolute atomic E-state index is 11.1. The van der Waals surface area contributed by atoms with E-state index in [0.717, 1.165) is 16.9 Å². The summed E-state index contributed by atoms with van der Waals surface area (Å²) in [5.74, 6) is -0.420. The lowest BCUT2D eigenvalue weighted by Crippen LogP contribution is -2.11. The zero-order chi connectivity index (χ0) is 13.1. The van der Waals surface area contributed by atoms with E-state index in [1.54, 1.807) is 18.2 Å². The Bertz CT molecular complexity index is 574. The van der Waals surface area contributed by atoms with Crippen LogP contribution in [0.1, 0.15) is 21.6 Å². The van der Waals surface area contributed by atoms with Crippen LogP contribution in [0.3, 0.4) is 0 Å². The summed E-state index contributed by atoms with van der Waals surface area (Å²) in [6.45, 7) is 2.69. The van der Waals surface area contributed by atoms with E-state index >= 15 is 0 Å². The molecule has 1 amide bonds. The minimum Gasteiger partial charge on any atom is -0.381 e. The van der Waals surface area contributed by atoms with E-state index in [-0.39, 0.29) is 0 Å². The smallest absolute Gasteiger partial charge is 0.248 e. The van der Waals surface area contributed by atoms with Crippen LogP contribution >= 0.6 is 0 Å². The first-order chi connectivity index (χ1) is 8.58. The van der Waals surface area contributed by atoms with Crippen molar-refractivity contribution in [2.75, 3.05) is 5.32 Å². The number of nitrogens with zero attached hydrogens (tertiary/aromatic N) is 2. The summed E-state index contributed by atoms with van der Waals surface area (Å²) >= 11 is 0. The topological polar surface area (TPSA) is 72.9 Å². The lowest BCUT2D eigenvalue weighted by molar-refractivity contribution is 0.100. The molecule has 18 heavy (non-hydrogen) atoms. The average Bonchev–Trinajstić information content (AvgIpc) is 2.68. The number of nitrogens with one attached hydrogen (secondary N) is 1. The van der Waals surface area contributed by atoms with Gasteiger partial charge in [0.15, 0.2) is 0 Å². The molecule has 5 nitrogen and oxygen atoms in total. The Morgan fingerprint density at radius 1 is 1.50 bits per heavy atom. The first-order valence-corrected chi connectivity index (χ1v) is 5.69. The van der Waals surface area contributed by atoms with E-state index < -0.39 is 5.91 Å². The maximum Gasteiger partial charge on any atom is 0.248 e. The van der Waals surface area contributed by atoms with Crippen LogP contribution in [0, 0.1) is 6.92 Å². The highest BCUT2D eigenvalue weighted by molar-refractivity contribution is 5.93. The number of aryl methyl sites for hydroxylation is 1. The Hall–Kier alpha value is -2.30. The van der Waals surface area contributed by atoms with E-state index in [4.69, 9.17) is 5.73 Å². The number of hydrogen-bond acceptors (Lipinski definition) is 3. The van der Waals surface area contributed by atoms with Gasteiger partial charge in [-0.05, 0) is 25.1 Å². The summed E-state index contributed by atoms with van der Waals surface area (Å²) < 4.78 is 1.83. The van der Waals surface area contributed by atoms with Crippen molar-refractivity contribution in [3.8, 4) is 0 Å². The number of benzene rings is 1. The van der Waals surface area contributed by atoms with Gasteiger partial charge in [-0.2, -0.15) is 5.10 Å². The van der Waals surface area contributed by atoms with E-state index in [2.05, 4.69) is 10.4 Å². The second-order valence-corrected chi connectivity index (χ2v) is 4.18. The molecule has 1 aromatic heterocycles. The first-order valence-electron chi connectivity index (χ1n) is 5.69. The van der Waals surface area contributed by atoms with E-state index in [1.807, 2.05) is 30.9 Å². The van der Waals surface area contributed by atoms with Crippen LogP contribution in [0.15, 0.2) is 30.5 Å². The fourth-order valence-corrected chi connectivity index (χ4v) is 1.70.